The fourth-order valence-electron chi connectivity index (χ4n) is 3.07. The highest BCUT2D eigenvalue weighted by molar-refractivity contribution is 6.05. The maximum atomic E-state index is 12.2. The maximum absolute atomic E-state index is 12.2. The van der Waals surface area contributed by atoms with Crippen molar-refractivity contribution in [1.29, 1.82) is 0 Å². The van der Waals surface area contributed by atoms with Crippen molar-refractivity contribution >= 4 is 11.8 Å². The molecule has 0 saturated carbocycles. The number of hydrogen-bond donors (Lipinski definition) is 1. The Hall–Kier alpha value is -0.940. The highest BCUT2D eigenvalue weighted by Gasteiger charge is 2.40. The summed E-state index contributed by atoms with van der Waals surface area (Å²) in [5, 5.41) is 3.32. The van der Waals surface area contributed by atoms with Gasteiger partial charge in [0.25, 0.3) is 0 Å². The van der Waals surface area contributed by atoms with Crippen molar-refractivity contribution in [1.82, 2.24) is 15.1 Å². The van der Waals surface area contributed by atoms with Gasteiger partial charge in [-0.1, -0.05) is 0 Å². The molecule has 1 N–H and O–H groups in total. The molecule has 2 rings (SSSR count). The van der Waals surface area contributed by atoms with Crippen molar-refractivity contribution in [3.63, 3.8) is 0 Å². The quantitative estimate of drug-likeness (QED) is 0.741. The van der Waals surface area contributed by atoms with Crippen LogP contribution < -0.4 is 5.32 Å². The second-order valence-electron chi connectivity index (χ2n) is 6.03. The molecule has 2 saturated heterocycles. The average molecular weight is 267 g/mol. The van der Waals surface area contributed by atoms with Gasteiger partial charge in [-0.05, 0) is 46.7 Å². The first-order valence-electron chi connectivity index (χ1n) is 7.33. The van der Waals surface area contributed by atoms with Crippen molar-refractivity contribution in [3.05, 3.63) is 0 Å². The lowest BCUT2D eigenvalue weighted by Crippen LogP contribution is -2.47. The van der Waals surface area contributed by atoms with Crippen LogP contribution in [0.1, 0.15) is 40.0 Å². The monoisotopic (exact) mass is 267 g/mol. The van der Waals surface area contributed by atoms with Crippen LogP contribution in [0.15, 0.2) is 0 Å². The third-order valence-corrected chi connectivity index (χ3v) is 3.92. The van der Waals surface area contributed by atoms with E-state index in [0.717, 1.165) is 19.6 Å². The zero-order chi connectivity index (χ0) is 14.0. The normalized spacial score (nSPS) is 26.7. The fraction of sp³-hybridized carbons (Fsp3) is 0.857. The van der Waals surface area contributed by atoms with E-state index >= 15 is 0 Å². The van der Waals surface area contributed by atoms with Gasteiger partial charge in [0.2, 0.25) is 11.8 Å². The summed E-state index contributed by atoms with van der Waals surface area (Å²) in [6, 6.07) is -0.125. The van der Waals surface area contributed by atoms with Crippen molar-refractivity contribution in [2.75, 3.05) is 19.6 Å². The number of hydrogen-bond acceptors (Lipinski definition) is 4. The lowest BCUT2D eigenvalue weighted by Gasteiger charge is -2.24. The zero-order valence-corrected chi connectivity index (χ0v) is 12.2. The smallest absolute Gasteiger partial charge is 0.247 e. The number of amides is 2. The van der Waals surface area contributed by atoms with Crippen molar-refractivity contribution < 1.29 is 9.59 Å². The second kappa shape index (κ2) is 6.01. The first-order chi connectivity index (χ1) is 8.99. The van der Waals surface area contributed by atoms with Crippen LogP contribution in [0, 0.1) is 0 Å². The Morgan fingerprint density at radius 1 is 1.21 bits per heavy atom. The number of nitrogens with zero attached hydrogens (tertiary/aromatic N) is 2. The minimum Gasteiger partial charge on any atom is -0.302 e. The van der Waals surface area contributed by atoms with Crippen LogP contribution in [0.25, 0.3) is 0 Å². The molecule has 2 unspecified atom stereocenters. The topological polar surface area (TPSA) is 52.7 Å². The number of carbonyl (C=O) groups excluding carboxylic acids is 2. The number of likely N-dealkylation sites (tertiary alicyclic amines) is 2. The second-order valence-corrected chi connectivity index (χ2v) is 6.03. The highest BCUT2D eigenvalue weighted by Crippen LogP contribution is 2.17. The molecule has 0 bridgehead atoms. The van der Waals surface area contributed by atoms with Crippen LogP contribution >= 0.6 is 0 Å². The molecule has 5 nitrogen and oxygen atoms in total. The number of imide groups is 1. The lowest BCUT2D eigenvalue weighted by molar-refractivity contribution is -0.140. The minimum atomic E-state index is -0.326. The van der Waals surface area contributed by atoms with E-state index < -0.39 is 0 Å². The number of nitrogens with one attached hydrogen (secondary N) is 1. The van der Waals surface area contributed by atoms with Gasteiger partial charge < -0.3 is 10.2 Å². The molecule has 0 aromatic rings. The van der Waals surface area contributed by atoms with Gasteiger partial charge in [-0.2, -0.15) is 0 Å². The predicted octanol–water partition coefficient (Wildman–Crippen LogP) is 0.596. The van der Waals surface area contributed by atoms with Crippen LogP contribution in [0.4, 0.5) is 0 Å². The molecule has 5 heteroatoms. The summed E-state index contributed by atoms with van der Waals surface area (Å²) in [6.07, 6.45) is 2.85. The fourth-order valence-corrected chi connectivity index (χ4v) is 3.07. The standard InChI is InChI=1S/C14H25N3O2/c1-10(2)17-13(18)8-12(14(17)19)15-11(3)9-16-6-4-5-7-16/h10-12,15H,4-9H2,1-3H3. The first kappa shape index (κ1) is 14.5. The van der Waals surface area contributed by atoms with Gasteiger partial charge in [-0.15, -0.1) is 0 Å². The average Bonchev–Trinajstić information content (AvgIpc) is 2.88. The van der Waals surface area contributed by atoms with Crippen LogP contribution in [-0.2, 0) is 9.59 Å². The lowest BCUT2D eigenvalue weighted by atomic mass is 10.2. The van der Waals surface area contributed by atoms with Crippen molar-refractivity contribution in [2.45, 2.75) is 58.2 Å². The molecule has 0 spiro atoms. The Morgan fingerprint density at radius 3 is 2.37 bits per heavy atom. The van der Waals surface area contributed by atoms with Crippen LogP contribution in [-0.4, -0.2) is 59.4 Å². The van der Waals surface area contributed by atoms with Gasteiger partial charge in [-0.3, -0.25) is 14.5 Å². The zero-order valence-electron chi connectivity index (χ0n) is 12.2. The number of rotatable bonds is 5. The molecule has 2 atom stereocenters. The summed E-state index contributed by atoms with van der Waals surface area (Å²) in [7, 11) is 0. The van der Waals surface area contributed by atoms with Gasteiger partial charge in [0.05, 0.1) is 12.5 Å². The van der Waals surface area contributed by atoms with Crippen molar-refractivity contribution in [3.8, 4) is 0 Å². The molecule has 0 aromatic heterocycles. The Balaban J connectivity index is 1.85. The summed E-state index contributed by atoms with van der Waals surface area (Å²) in [4.78, 5) is 27.8. The van der Waals surface area contributed by atoms with E-state index in [-0.39, 0.29) is 29.9 Å². The molecule has 2 aliphatic rings. The summed E-state index contributed by atoms with van der Waals surface area (Å²) >= 11 is 0. The molecule has 2 aliphatic heterocycles. The minimum absolute atomic E-state index is 0.0410. The van der Waals surface area contributed by atoms with E-state index in [2.05, 4.69) is 17.1 Å². The van der Waals surface area contributed by atoms with Crippen LogP contribution in [0.3, 0.4) is 0 Å². The Morgan fingerprint density at radius 2 is 1.84 bits per heavy atom. The van der Waals surface area contributed by atoms with Gasteiger partial charge >= 0.3 is 0 Å². The van der Waals surface area contributed by atoms with E-state index in [1.54, 1.807) is 0 Å². The number of carbonyl (C=O) groups is 2. The molecule has 19 heavy (non-hydrogen) atoms. The summed E-state index contributed by atoms with van der Waals surface area (Å²) < 4.78 is 0. The van der Waals surface area contributed by atoms with E-state index in [1.165, 1.54) is 17.7 Å². The van der Waals surface area contributed by atoms with Gasteiger partial charge in [0, 0.05) is 18.6 Å². The summed E-state index contributed by atoms with van der Waals surface area (Å²) in [6.45, 7) is 9.12. The Labute approximate surface area is 115 Å². The molecular formula is C14H25N3O2. The van der Waals surface area contributed by atoms with Crippen molar-refractivity contribution in [2.24, 2.45) is 0 Å². The van der Waals surface area contributed by atoms with E-state index in [9.17, 15) is 9.59 Å². The van der Waals surface area contributed by atoms with Crippen LogP contribution in [0.2, 0.25) is 0 Å². The SMILES string of the molecule is CC(CN1CCCC1)NC1CC(=O)N(C(C)C)C1=O. The Kier molecular flexibility index (Phi) is 4.58. The molecule has 108 valence electrons. The molecule has 0 aromatic carbocycles. The first-order valence-corrected chi connectivity index (χ1v) is 7.33. The van der Waals surface area contributed by atoms with Gasteiger partial charge in [-0.25, -0.2) is 0 Å². The largest absolute Gasteiger partial charge is 0.302 e. The Bertz CT molecular complexity index is 351. The molecule has 0 radical (unpaired) electrons. The molecule has 2 amide bonds. The van der Waals surface area contributed by atoms with E-state index in [4.69, 9.17) is 0 Å². The van der Waals surface area contributed by atoms with E-state index in [1.807, 2.05) is 13.8 Å². The molecule has 2 fully saturated rings. The summed E-state index contributed by atoms with van der Waals surface area (Å²) in [5.74, 6) is -0.112. The third kappa shape index (κ3) is 3.34. The highest BCUT2D eigenvalue weighted by atomic mass is 16.2. The molecule has 2 heterocycles. The van der Waals surface area contributed by atoms with E-state index in [0.29, 0.717) is 6.42 Å². The van der Waals surface area contributed by atoms with Crippen LogP contribution in [0.5, 0.6) is 0 Å². The summed E-state index contributed by atoms with van der Waals surface area (Å²) in [5.41, 5.74) is 0. The maximum Gasteiger partial charge on any atom is 0.247 e. The third-order valence-electron chi connectivity index (χ3n) is 3.92. The molecular weight excluding hydrogens is 242 g/mol. The molecule has 0 aliphatic carbocycles. The van der Waals surface area contributed by atoms with Gasteiger partial charge in [0.1, 0.15) is 0 Å². The predicted molar refractivity (Wildman–Crippen MR) is 73.7 cm³/mol. The van der Waals surface area contributed by atoms with Gasteiger partial charge in [0.15, 0.2) is 0 Å².